The normalized spacial score (nSPS) is 14.7. The van der Waals surface area contributed by atoms with Gasteiger partial charge < -0.3 is 19.5 Å². The number of carbonyl (C=O) groups is 1. The van der Waals surface area contributed by atoms with Gasteiger partial charge in [0, 0.05) is 50.2 Å². The van der Waals surface area contributed by atoms with Gasteiger partial charge in [-0.3, -0.25) is 4.79 Å². The Kier molecular flexibility index (Phi) is 6.28. The van der Waals surface area contributed by atoms with Crippen LogP contribution in [-0.2, 0) is 11.3 Å². The number of imidazole rings is 1. The predicted molar refractivity (Wildman–Crippen MR) is 103 cm³/mol. The number of ether oxygens (including phenoxy) is 1. The molecule has 0 unspecified atom stereocenters. The molecular weight excluding hydrogens is 328 g/mol. The van der Waals surface area contributed by atoms with E-state index in [0.29, 0.717) is 25.7 Å². The van der Waals surface area contributed by atoms with E-state index < -0.39 is 0 Å². The van der Waals surface area contributed by atoms with Gasteiger partial charge in [-0.25, -0.2) is 4.98 Å². The first kappa shape index (κ1) is 18.5. The molecule has 0 radical (unpaired) electrons. The highest BCUT2D eigenvalue weighted by molar-refractivity contribution is 5.99. The molecule has 1 fully saturated rings. The Morgan fingerprint density at radius 3 is 2.81 bits per heavy atom. The SMILES string of the molecule is CC(C)c1nccn1CCCNC(=O)c1ccccc1N1CCOCC1. The number of aryl methyl sites for hydroxylation is 1. The zero-order valence-corrected chi connectivity index (χ0v) is 15.6. The summed E-state index contributed by atoms with van der Waals surface area (Å²) in [6, 6.07) is 7.81. The highest BCUT2D eigenvalue weighted by Crippen LogP contribution is 2.21. The van der Waals surface area contributed by atoms with Crippen LogP contribution in [0.2, 0.25) is 0 Å². The van der Waals surface area contributed by atoms with Crippen molar-refractivity contribution in [3.05, 3.63) is 48.0 Å². The molecule has 0 bridgehead atoms. The van der Waals surface area contributed by atoms with E-state index in [0.717, 1.165) is 43.1 Å². The van der Waals surface area contributed by atoms with E-state index in [1.807, 2.05) is 36.7 Å². The van der Waals surface area contributed by atoms with E-state index >= 15 is 0 Å². The maximum absolute atomic E-state index is 12.7. The average molecular weight is 356 g/mol. The van der Waals surface area contributed by atoms with Crippen LogP contribution >= 0.6 is 0 Å². The van der Waals surface area contributed by atoms with Crippen molar-refractivity contribution >= 4 is 11.6 Å². The summed E-state index contributed by atoms with van der Waals surface area (Å²) >= 11 is 0. The number of para-hydroxylation sites is 1. The number of nitrogens with zero attached hydrogens (tertiary/aromatic N) is 3. The van der Waals surface area contributed by atoms with Crippen molar-refractivity contribution in [2.75, 3.05) is 37.7 Å². The second kappa shape index (κ2) is 8.85. The van der Waals surface area contributed by atoms with Crippen LogP contribution in [0.4, 0.5) is 5.69 Å². The summed E-state index contributed by atoms with van der Waals surface area (Å²) in [6.07, 6.45) is 4.72. The minimum absolute atomic E-state index is 0.0122. The van der Waals surface area contributed by atoms with Gasteiger partial charge in [0.25, 0.3) is 5.91 Å². The first-order chi connectivity index (χ1) is 12.7. The molecular formula is C20H28N4O2. The quantitative estimate of drug-likeness (QED) is 0.775. The van der Waals surface area contributed by atoms with Crippen molar-refractivity contribution < 1.29 is 9.53 Å². The first-order valence-electron chi connectivity index (χ1n) is 9.37. The molecule has 26 heavy (non-hydrogen) atoms. The number of amides is 1. The molecule has 2 aromatic rings. The third-order valence-electron chi connectivity index (χ3n) is 4.63. The van der Waals surface area contributed by atoms with Crippen molar-refractivity contribution in [1.82, 2.24) is 14.9 Å². The molecule has 1 aromatic heterocycles. The van der Waals surface area contributed by atoms with Gasteiger partial charge in [-0.1, -0.05) is 26.0 Å². The largest absolute Gasteiger partial charge is 0.378 e. The topological polar surface area (TPSA) is 59.4 Å². The lowest BCUT2D eigenvalue weighted by Crippen LogP contribution is -2.38. The maximum Gasteiger partial charge on any atom is 0.253 e. The van der Waals surface area contributed by atoms with E-state index in [-0.39, 0.29) is 5.91 Å². The highest BCUT2D eigenvalue weighted by Gasteiger charge is 2.18. The zero-order chi connectivity index (χ0) is 18.4. The lowest BCUT2D eigenvalue weighted by Gasteiger charge is -2.30. The van der Waals surface area contributed by atoms with Crippen LogP contribution in [-0.4, -0.2) is 48.3 Å². The van der Waals surface area contributed by atoms with Crippen LogP contribution in [0.1, 0.15) is 42.4 Å². The van der Waals surface area contributed by atoms with Crippen molar-refractivity contribution in [1.29, 1.82) is 0 Å². The van der Waals surface area contributed by atoms with Gasteiger partial charge in [0.1, 0.15) is 5.82 Å². The minimum atomic E-state index is -0.0122. The van der Waals surface area contributed by atoms with E-state index in [4.69, 9.17) is 4.74 Å². The molecule has 1 aliphatic heterocycles. The number of benzene rings is 1. The van der Waals surface area contributed by atoms with Crippen LogP contribution in [0, 0.1) is 0 Å². The van der Waals surface area contributed by atoms with Crippen molar-refractivity contribution in [3.8, 4) is 0 Å². The summed E-state index contributed by atoms with van der Waals surface area (Å²) in [5, 5.41) is 3.06. The summed E-state index contributed by atoms with van der Waals surface area (Å²) in [5.41, 5.74) is 1.73. The van der Waals surface area contributed by atoms with Crippen LogP contribution in [0.3, 0.4) is 0 Å². The van der Waals surface area contributed by atoms with Crippen LogP contribution < -0.4 is 10.2 Å². The number of aromatic nitrogens is 2. The Morgan fingerprint density at radius 1 is 1.27 bits per heavy atom. The fourth-order valence-electron chi connectivity index (χ4n) is 3.30. The van der Waals surface area contributed by atoms with Gasteiger partial charge >= 0.3 is 0 Å². The van der Waals surface area contributed by atoms with Crippen LogP contribution in [0.5, 0.6) is 0 Å². The molecule has 1 amide bonds. The third-order valence-corrected chi connectivity index (χ3v) is 4.63. The highest BCUT2D eigenvalue weighted by atomic mass is 16.5. The third kappa shape index (κ3) is 4.43. The van der Waals surface area contributed by atoms with E-state index in [1.165, 1.54) is 0 Å². The van der Waals surface area contributed by atoms with Gasteiger partial charge in [0.2, 0.25) is 0 Å². The summed E-state index contributed by atoms with van der Waals surface area (Å²) in [7, 11) is 0. The van der Waals surface area contributed by atoms with Crippen LogP contribution in [0.25, 0.3) is 0 Å². The molecule has 6 heteroatoms. The summed E-state index contributed by atoms with van der Waals surface area (Å²) in [6.45, 7) is 8.85. The molecule has 1 N–H and O–H groups in total. The standard InChI is InChI=1S/C20H28N4O2/c1-16(2)19-21-9-11-24(19)10-5-8-22-20(25)17-6-3-4-7-18(17)23-12-14-26-15-13-23/h3-4,6-7,9,11,16H,5,8,10,12-15H2,1-2H3,(H,22,25). The average Bonchev–Trinajstić information content (AvgIpc) is 3.15. The van der Waals surface area contributed by atoms with Gasteiger partial charge in [-0.2, -0.15) is 0 Å². The lowest BCUT2D eigenvalue weighted by atomic mass is 10.1. The Balaban J connectivity index is 1.54. The minimum Gasteiger partial charge on any atom is -0.378 e. The van der Waals surface area contributed by atoms with Gasteiger partial charge in [0.05, 0.1) is 18.8 Å². The molecule has 0 aliphatic carbocycles. The number of morpholine rings is 1. The van der Waals surface area contributed by atoms with Crippen molar-refractivity contribution in [3.63, 3.8) is 0 Å². The van der Waals surface area contributed by atoms with E-state index in [9.17, 15) is 4.79 Å². The van der Waals surface area contributed by atoms with Gasteiger partial charge in [-0.15, -0.1) is 0 Å². The molecule has 0 spiro atoms. The van der Waals surface area contributed by atoms with E-state index in [2.05, 4.69) is 33.6 Å². The second-order valence-corrected chi connectivity index (χ2v) is 6.86. The van der Waals surface area contributed by atoms with Crippen molar-refractivity contribution in [2.24, 2.45) is 0 Å². The predicted octanol–water partition coefficient (Wildman–Crippen LogP) is 2.66. The molecule has 0 atom stereocenters. The zero-order valence-electron chi connectivity index (χ0n) is 15.6. The summed E-state index contributed by atoms with van der Waals surface area (Å²) in [5.74, 6) is 1.48. The molecule has 6 nitrogen and oxygen atoms in total. The molecule has 1 aromatic carbocycles. The number of hydrogen-bond donors (Lipinski definition) is 1. The molecule has 2 heterocycles. The second-order valence-electron chi connectivity index (χ2n) is 6.86. The lowest BCUT2D eigenvalue weighted by molar-refractivity contribution is 0.0951. The Labute approximate surface area is 155 Å². The molecule has 140 valence electrons. The summed E-state index contributed by atoms with van der Waals surface area (Å²) < 4.78 is 7.58. The number of rotatable bonds is 7. The smallest absolute Gasteiger partial charge is 0.253 e. The van der Waals surface area contributed by atoms with Crippen molar-refractivity contribution in [2.45, 2.75) is 32.7 Å². The fraction of sp³-hybridized carbons (Fsp3) is 0.500. The Bertz CT molecular complexity index is 720. The first-order valence-corrected chi connectivity index (χ1v) is 9.37. The van der Waals surface area contributed by atoms with E-state index in [1.54, 1.807) is 0 Å². The monoisotopic (exact) mass is 356 g/mol. The maximum atomic E-state index is 12.7. The summed E-state index contributed by atoms with van der Waals surface area (Å²) in [4.78, 5) is 19.3. The fourth-order valence-corrected chi connectivity index (χ4v) is 3.30. The molecule has 0 saturated carbocycles. The Morgan fingerprint density at radius 2 is 2.04 bits per heavy atom. The molecule has 1 saturated heterocycles. The number of carbonyl (C=O) groups excluding carboxylic acids is 1. The Hall–Kier alpha value is -2.34. The number of hydrogen-bond acceptors (Lipinski definition) is 4. The molecule has 3 rings (SSSR count). The van der Waals surface area contributed by atoms with Gasteiger partial charge in [-0.05, 0) is 18.6 Å². The van der Waals surface area contributed by atoms with Crippen LogP contribution in [0.15, 0.2) is 36.7 Å². The number of nitrogens with one attached hydrogen (secondary N) is 1. The van der Waals surface area contributed by atoms with Gasteiger partial charge in [0.15, 0.2) is 0 Å². The molecule has 1 aliphatic rings. The number of anilines is 1.